The Morgan fingerprint density at radius 3 is 2.96 bits per heavy atom. The van der Waals surface area contributed by atoms with Crippen LogP contribution in [0.2, 0.25) is 0 Å². The van der Waals surface area contributed by atoms with Crippen molar-refractivity contribution < 1.29 is 9.90 Å². The van der Waals surface area contributed by atoms with Gasteiger partial charge in [0.25, 0.3) is 5.56 Å². The molecule has 3 rings (SSSR count). The smallest absolute Gasteiger partial charge is 0.270 e. The van der Waals surface area contributed by atoms with Gasteiger partial charge in [0, 0.05) is 22.9 Å². The molecule has 0 saturated heterocycles. The molecule has 7 nitrogen and oxygen atoms in total. The second kappa shape index (κ2) is 7.92. The third kappa shape index (κ3) is 4.34. The maximum Gasteiger partial charge on any atom is 0.270 e. The van der Waals surface area contributed by atoms with E-state index in [4.69, 9.17) is 0 Å². The fourth-order valence-electron chi connectivity index (χ4n) is 2.33. The summed E-state index contributed by atoms with van der Waals surface area (Å²) in [5.74, 6) is -0.303. The van der Waals surface area contributed by atoms with Crippen molar-refractivity contribution in [2.45, 2.75) is 12.8 Å². The maximum atomic E-state index is 12.0. The zero-order valence-electron chi connectivity index (χ0n) is 13.6. The number of aromatic amines is 1. The van der Waals surface area contributed by atoms with Crippen molar-refractivity contribution in [3.05, 3.63) is 68.5 Å². The van der Waals surface area contributed by atoms with E-state index in [0.717, 1.165) is 4.47 Å². The molecule has 0 aliphatic rings. The predicted octanol–water partition coefficient (Wildman–Crippen LogP) is 2.47. The number of fused-ring (bicyclic) bond motifs is 1. The Morgan fingerprint density at radius 2 is 2.12 bits per heavy atom. The van der Waals surface area contributed by atoms with Crippen LogP contribution in [0.3, 0.4) is 0 Å². The third-order valence-electron chi connectivity index (χ3n) is 3.64. The molecule has 3 aromatic rings. The minimum Gasteiger partial charge on any atom is -0.507 e. The Balaban J connectivity index is 1.61. The number of carbonyl (C=O) groups is 1. The Bertz CT molecular complexity index is 1050. The average molecular weight is 415 g/mol. The lowest BCUT2D eigenvalue weighted by molar-refractivity contribution is -0.121. The van der Waals surface area contributed by atoms with Gasteiger partial charge in [-0.25, -0.2) is 10.4 Å². The van der Waals surface area contributed by atoms with Gasteiger partial charge >= 0.3 is 0 Å². The van der Waals surface area contributed by atoms with Crippen molar-refractivity contribution in [1.29, 1.82) is 0 Å². The number of rotatable bonds is 5. The molecule has 0 bridgehead atoms. The largest absolute Gasteiger partial charge is 0.507 e. The van der Waals surface area contributed by atoms with E-state index in [-0.39, 0.29) is 30.1 Å². The fourth-order valence-corrected chi connectivity index (χ4v) is 2.71. The Labute approximate surface area is 156 Å². The van der Waals surface area contributed by atoms with Crippen LogP contribution in [0.4, 0.5) is 0 Å². The maximum absolute atomic E-state index is 12.0. The van der Waals surface area contributed by atoms with Gasteiger partial charge in [0.2, 0.25) is 5.91 Å². The lowest BCUT2D eigenvalue weighted by Crippen LogP contribution is -2.21. The van der Waals surface area contributed by atoms with E-state index in [1.54, 1.807) is 24.3 Å². The van der Waals surface area contributed by atoms with Gasteiger partial charge in [-0.05, 0) is 30.3 Å². The number of H-pyrrole nitrogens is 1. The van der Waals surface area contributed by atoms with E-state index in [2.05, 4.69) is 36.4 Å². The summed E-state index contributed by atoms with van der Waals surface area (Å²) in [6.45, 7) is 0. The number of aromatic hydroxyl groups is 1. The number of aryl methyl sites for hydroxylation is 1. The van der Waals surface area contributed by atoms with Crippen LogP contribution in [0.5, 0.6) is 5.75 Å². The van der Waals surface area contributed by atoms with Crippen LogP contribution in [0, 0.1) is 0 Å². The van der Waals surface area contributed by atoms with Crippen LogP contribution in [0.15, 0.2) is 56.8 Å². The highest BCUT2D eigenvalue weighted by Gasteiger charge is 2.08. The molecule has 132 valence electrons. The van der Waals surface area contributed by atoms with Gasteiger partial charge in [0.05, 0.1) is 17.2 Å². The molecule has 0 aliphatic heterocycles. The number of para-hydroxylation sites is 2. The van der Waals surface area contributed by atoms with Crippen molar-refractivity contribution in [1.82, 2.24) is 15.4 Å². The second-order valence-corrected chi connectivity index (χ2v) is 6.44. The first-order valence-corrected chi connectivity index (χ1v) is 8.60. The molecule has 8 heteroatoms. The molecule has 0 aliphatic carbocycles. The number of benzene rings is 2. The van der Waals surface area contributed by atoms with E-state index < -0.39 is 0 Å². The Hall–Kier alpha value is -3.00. The Kier molecular flexibility index (Phi) is 5.43. The van der Waals surface area contributed by atoms with Crippen LogP contribution >= 0.6 is 15.9 Å². The number of phenolic OH excluding ortho intramolecular Hbond substituents is 1. The molecule has 0 spiro atoms. The monoisotopic (exact) mass is 414 g/mol. The molecule has 1 amide bonds. The van der Waals surface area contributed by atoms with Gasteiger partial charge in [0.1, 0.15) is 11.4 Å². The molecule has 2 aromatic carbocycles. The summed E-state index contributed by atoms with van der Waals surface area (Å²) in [6.07, 6.45) is 1.61. The first kappa shape index (κ1) is 17.8. The lowest BCUT2D eigenvalue weighted by atomic mass is 10.2. The topological polar surface area (TPSA) is 107 Å². The van der Waals surface area contributed by atoms with Crippen molar-refractivity contribution in [2.24, 2.45) is 5.10 Å². The highest BCUT2D eigenvalue weighted by Crippen LogP contribution is 2.19. The highest BCUT2D eigenvalue weighted by molar-refractivity contribution is 9.10. The number of halogens is 1. The number of nitrogens with zero attached hydrogens (tertiary/aromatic N) is 2. The molecule has 0 unspecified atom stereocenters. The van der Waals surface area contributed by atoms with Gasteiger partial charge in [-0.2, -0.15) is 5.10 Å². The average Bonchev–Trinajstić information content (AvgIpc) is 2.63. The number of nitrogens with one attached hydrogen (secondary N) is 2. The Morgan fingerprint density at radius 1 is 1.31 bits per heavy atom. The summed E-state index contributed by atoms with van der Waals surface area (Å²) in [7, 11) is 0. The number of hydrogen-bond donors (Lipinski definition) is 3. The predicted molar refractivity (Wildman–Crippen MR) is 102 cm³/mol. The first-order chi connectivity index (χ1) is 12.5. The first-order valence-electron chi connectivity index (χ1n) is 7.81. The van der Waals surface area contributed by atoms with E-state index in [0.29, 0.717) is 22.3 Å². The standard InChI is InChI=1S/C18H15BrN4O3/c19-12-5-7-16(24)11(9-12)10-20-23-17(25)8-6-15-18(26)22-14-4-2-1-3-13(14)21-15/h1-5,7,9-10,24H,6,8H2,(H,22,26)(H,23,25)/b20-10-. The van der Waals surface area contributed by atoms with Crippen LogP contribution in [-0.2, 0) is 11.2 Å². The van der Waals surface area contributed by atoms with E-state index in [1.807, 2.05) is 12.1 Å². The van der Waals surface area contributed by atoms with Gasteiger partial charge in [-0.1, -0.05) is 28.1 Å². The van der Waals surface area contributed by atoms with Gasteiger partial charge in [0.15, 0.2) is 0 Å². The fraction of sp³-hybridized carbons (Fsp3) is 0.111. The van der Waals surface area contributed by atoms with Crippen molar-refractivity contribution in [3.63, 3.8) is 0 Å². The number of carbonyl (C=O) groups excluding carboxylic acids is 1. The summed E-state index contributed by atoms with van der Waals surface area (Å²) in [4.78, 5) is 30.9. The molecule has 0 radical (unpaired) electrons. The zero-order chi connectivity index (χ0) is 18.5. The molecule has 1 heterocycles. The molecule has 1 aromatic heterocycles. The highest BCUT2D eigenvalue weighted by atomic mass is 79.9. The minimum absolute atomic E-state index is 0.0538. The molecule has 3 N–H and O–H groups in total. The molecule has 26 heavy (non-hydrogen) atoms. The van der Waals surface area contributed by atoms with Crippen molar-refractivity contribution >= 4 is 39.1 Å². The van der Waals surface area contributed by atoms with Crippen LogP contribution in [0.1, 0.15) is 17.7 Å². The quantitative estimate of drug-likeness (QED) is 0.440. The SMILES string of the molecule is O=C(CCc1nc2ccccc2[nH]c1=O)N/N=C\c1cc(Br)ccc1O. The van der Waals surface area contributed by atoms with Crippen LogP contribution < -0.4 is 11.0 Å². The summed E-state index contributed by atoms with van der Waals surface area (Å²) >= 11 is 3.29. The van der Waals surface area contributed by atoms with Crippen molar-refractivity contribution in [2.75, 3.05) is 0 Å². The molecular weight excluding hydrogens is 400 g/mol. The summed E-state index contributed by atoms with van der Waals surface area (Å²) in [5, 5.41) is 13.5. The number of amides is 1. The van der Waals surface area contributed by atoms with E-state index in [9.17, 15) is 14.7 Å². The van der Waals surface area contributed by atoms with Crippen molar-refractivity contribution in [3.8, 4) is 5.75 Å². The van der Waals surface area contributed by atoms with Crippen LogP contribution in [-0.4, -0.2) is 27.2 Å². The lowest BCUT2D eigenvalue weighted by Gasteiger charge is -2.03. The number of phenols is 1. The summed E-state index contributed by atoms with van der Waals surface area (Å²) < 4.78 is 0.782. The number of aromatic nitrogens is 2. The summed E-state index contributed by atoms with van der Waals surface area (Å²) in [5.41, 5.74) is 4.15. The third-order valence-corrected chi connectivity index (χ3v) is 4.13. The molecule has 0 atom stereocenters. The molecule has 0 fully saturated rings. The number of hydrazone groups is 1. The minimum atomic E-state index is -0.356. The van der Waals surface area contributed by atoms with E-state index >= 15 is 0 Å². The van der Waals surface area contributed by atoms with Crippen LogP contribution in [0.25, 0.3) is 11.0 Å². The summed E-state index contributed by atoms with van der Waals surface area (Å²) in [6, 6.07) is 12.1. The van der Waals surface area contributed by atoms with Gasteiger partial charge < -0.3 is 10.1 Å². The van der Waals surface area contributed by atoms with E-state index in [1.165, 1.54) is 12.3 Å². The molecular formula is C18H15BrN4O3. The van der Waals surface area contributed by atoms with Gasteiger partial charge in [-0.15, -0.1) is 0 Å². The normalized spacial score (nSPS) is 11.1. The number of hydrogen-bond acceptors (Lipinski definition) is 5. The molecule has 0 saturated carbocycles. The second-order valence-electron chi connectivity index (χ2n) is 5.53. The van der Waals surface area contributed by atoms with Gasteiger partial charge in [-0.3, -0.25) is 9.59 Å². The zero-order valence-corrected chi connectivity index (χ0v) is 15.2.